The predicted octanol–water partition coefficient (Wildman–Crippen LogP) is 6.38. The maximum Gasteiger partial charge on any atom is -0.00724 e. The molecule has 5 rings (SSSR count). The van der Waals surface area contributed by atoms with Gasteiger partial charge in [0.05, 0.1) is 0 Å². The molecule has 2 heteroatoms. The smallest absolute Gasteiger partial charge is 0.00724 e. The summed E-state index contributed by atoms with van der Waals surface area (Å²) in [6, 6.07) is 48.1. The van der Waals surface area contributed by atoms with Crippen LogP contribution in [0.5, 0.6) is 0 Å². The van der Waals surface area contributed by atoms with E-state index in [1.165, 1.54) is 43.2 Å². The van der Waals surface area contributed by atoms with Gasteiger partial charge in [-0.3, -0.25) is 0 Å². The highest BCUT2D eigenvalue weighted by Gasteiger charge is 2.21. The summed E-state index contributed by atoms with van der Waals surface area (Å²) in [6.07, 6.45) is 2.03. The molecule has 0 aliphatic carbocycles. The van der Waals surface area contributed by atoms with Gasteiger partial charge >= 0.3 is 0 Å². The second-order valence-corrected chi connectivity index (χ2v) is 11.5. The molecule has 164 valence electrons. The average molecular weight is 473 g/mol. The lowest BCUT2D eigenvalue weighted by Crippen LogP contribution is -2.22. The van der Waals surface area contributed by atoms with Crippen molar-refractivity contribution in [2.45, 2.75) is 0 Å². The maximum atomic E-state index is 4.22. The fourth-order valence-electron chi connectivity index (χ4n) is 4.28. The molecule has 0 saturated carbocycles. The van der Waals surface area contributed by atoms with E-state index in [1.807, 2.05) is 6.08 Å². The SMILES string of the molecule is C=Cc1c(Pc2ccccc2)cccc1-c1ccccc1P(c1ccccc1)c1ccccc1. The highest BCUT2D eigenvalue weighted by atomic mass is 31.1. The highest BCUT2D eigenvalue weighted by Crippen LogP contribution is 2.38. The zero-order valence-corrected chi connectivity index (χ0v) is 20.8. The van der Waals surface area contributed by atoms with Crippen molar-refractivity contribution in [2.24, 2.45) is 0 Å². The molecule has 0 spiro atoms. The first kappa shape index (κ1) is 22.5. The zero-order chi connectivity index (χ0) is 23.2. The molecule has 5 aromatic rings. The Morgan fingerprint density at radius 2 is 1.06 bits per heavy atom. The van der Waals surface area contributed by atoms with Crippen molar-refractivity contribution in [3.05, 3.63) is 146 Å². The molecule has 0 aliphatic heterocycles. The van der Waals surface area contributed by atoms with Crippen molar-refractivity contribution in [3.63, 3.8) is 0 Å². The topological polar surface area (TPSA) is 0 Å². The monoisotopic (exact) mass is 472 g/mol. The van der Waals surface area contributed by atoms with Crippen LogP contribution in [0.2, 0.25) is 0 Å². The lowest BCUT2D eigenvalue weighted by atomic mass is 9.99. The largest absolute Gasteiger partial charge is 0.0984 e. The van der Waals surface area contributed by atoms with E-state index in [9.17, 15) is 0 Å². The molecule has 0 aromatic heterocycles. The van der Waals surface area contributed by atoms with Gasteiger partial charge in [0.1, 0.15) is 0 Å². The quantitative estimate of drug-likeness (QED) is 0.241. The van der Waals surface area contributed by atoms with Gasteiger partial charge in [-0.15, -0.1) is 0 Å². The summed E-state index contributed by atoms with van der Waals surface area (Å²) < 4.78 is 0. The summed E-state index contributed by atoms with van der Waals surface area (Å²) in [6.45, 7) is 4.22. The molecule has 0 aliphatic rings. The van der Waals surface area contributed by atoms with Crippen LogP contribution in [0.1, 0.15) is 5.56 Å². The highest BCUT2D eigenvalue weighted by molar-refractivity contribution is 7.80. The van der Waals surface area contributed by atoms with E-state index in [0.717, 1.165) is 0 Å². The van der Waals surface area contributed by atoms with Crippen LogP contribution in [-0.4, -0.2) is 0 Å². The van der Waals surface area contributed by atoms with E-state index in [1.54, 1.807) is 0 Å². The number of hydrogen-bond acceptors (Lipinski definition) is 0. The molecule has 0 N–H and O–H groups in total. The molecule has 0 bridgehead atoms. The standard InChI is InChI=1S/C32H26P2/c1-2-28-29(22-14-23-31(28)33-25-15-6-3-7-16-25)30-21-12-13-24-32(30)34(26-17-8-4-9-18-26)27-19-10-5-11-20-27/h2-24,33H,1H2. The van der Waals surface area contributed by atoms with E-state index >= 15 is 0 Å². The third-order valence-corrected chi connectivity index (χ3v) is 9.66. The lowest BCUT2D eigenvalue weighted by Gasteiger charge is -2.23. The summed E-state index contributed by atoms with van der Waals surface area (Å²) in [7, 11) is -0.103. The zero-order valence-electron chi connectivity index (χ0n) is 18.9. The molecule has 1 atom stereocenters. The Kier molecular flexibility index (Phi) is 7.11. The molecule has 0 radical (unpaired) electrons. The van der Waals surface area contributed by atoms with Crippen molar-refractivity contribution < 1.29 is 0 Å². The first-order valence-corrected chi connectivity index (χ1v) is 13.8. The molecule has 0 fully saturated rings. The minimum atomic E-state index is -0.698. The average Bonchev–Trinajstić information content (AvgIpc) is 2.91. The van der Waals surface area contributed by atoms with Gasteiger partial charge in [0, 0.05) is 0 Å². The maximum absolute atomic E-state index is 4.22. The summed E-state index contributed by atoms with van der Waals surface area (Å²) in [4.78, 5) is 0. The molecular weight excluding hydrogens is 446 g/mol. The van der Waals surface area contributed by atoms with Crippen LogP contribution in [-0.2, 0) is 0 Å². The van der Waals surface area contributed by atoms with Gasteiger partial charge in [0.25, 0.3) is 0 Å². The number of benzene rings is 5. The fourth-order valence-corrected chi connectivity index (χ4v) is 7.97. The van der Waals surface area contributed by atoms with Crippen LogP contribution < -0.4 is 26.5 Å². The third-order valence-electron chi connectivity index (χ3n) is 5.83. The minimum Gasteiger partial charge on any atom is -0.0984 e. The van der Waals surface area contributed by atoms with Gasteiger partial charge in [-0.2, -0.15) is 0 Å². The van der Waals surface area contributed by atoms with Gasteiger partial charge in [-0.1, -0.05) is 155 Å². The Bertz CT molecular complexity index is 1340. The Hall–Kier alpha value is -3.30. The van der Waals surface area contributed by atoms with Gasteiger partial charge < -0.3 is 0 Å². The van der Waals surface area contributed by atoms with Crippen molar-refractivity contribution in [3.8, 4) is 11.1 Å². The molecule has 5 aromatic carbocycles. The predicted molar refractivity (Wildman–Crippen MR) is 155 cm³/mol. The molecule has 0 amide bonds. The van der Waals surface area contributed by atoms with Crippen molar-refractivity contribution in [1.29, 1.82) is 0 Å². The number of hydrogen-bond donors (Lipinski definition) is 0. The lowest BCUT2D eigenvalue weighted by molar-refractivity contribution is 1.65. The normalized spacial score (nSPS) is 11.2. The Labute approximate surface area is 205 Å². The molecule has 0 saturated heterocycles. The van der Waals surface area contributed by atoms with E-state index in [2.05, 4.69) is 140 Å². The second-order valence-electron chi connectivity index (χ2n) is 7.99. The third kappa shape index (κ3) is 4.80. The van der Waals surface area contributed by atoms with Crippen LogP contribution in [0.3, 0.4) is 0 Å². The first-order chi connectivity index (χ1) is 16.8. The molecule has 34 heavy (non-hydrogen) atoms. The Morgan fingerprint density at radius 3 is 1.68 bits per heavy atom. The van der Waals surface area contributed by atoms with Crippen molar-refractivity contribution in [1.82, 2.24) is 0 Å². The molecule has 1 unspecified atom stereocenters. The fraction of sp³-hybridized carbons (Fsp3) is 0. The van der Waals surface area contributed by atoms with E-state index < -0.39 is 7.92 Å². The summed E-state index contributed by atoms with van der Waals surface area (Å²) >= 11 is 0. The van der Waals surface area contributed by atoms with Crippen molar-refractivity contribution >= 4 is 49.1 Å². The van der Waals surface area contributed by atoms with E-state index in [-0.39, 0.29) is 0 Å². The second kappa shape index (κ2) is 10.8. The van der Waals surface area contributed by atoms with Crippen LogP contribution in [0.25, 0.3) is 17.2 Å². The van der Waals surface area contributed by atoms with E-state index in [0.29, 0.717) is 8.58 Å². The van der Waals surface area contributed by atoms with Crippen LogP contribution >= 0.6 is 16.5 Å². The number of rotatable bonds is 7. The van der Waals surface area contributed by atoms with Gasteiger partial charge in [0.15, 0.2) is 0 Å². The van der Waals surface area contributed by atoms with Crippen LogP contribution in [0.4, 0.5) is 0 Å². The Morgan fingerprint density at radius 1 is 0.529 bits per heavy atom. The molecule has 0 heterocycles. The van der Waals surface area contributed by atoms with Gasteiger partial charge in [-0.05, 0) is 51.1 Å². The van der Waals surface area contributed by atoms with E-state index in [4.69, 9.17) is 0 Å². The molecule has 0 nitrogen and oxygen atoms in total. The van der Waals surface area contributed by atoms with Gasteiger partial charge in [-0.25, -0.2) is 0 Å². The summed E-state index contributed by atoms with van der Waals surface area (Å²) in [5, 5.41) is 6.76. The minimum absolute atomic E-state index is 0.595. The molecular formula is C32H26P2. The van der Waals surface area contributed by atoms with Gasteiger partial charge in [0.2, 0.25) is 0 Å². The van der Waals surface area contributed by atoms with Crippen LogP contribution in [0, 0.1) is 0 Å². The Balaban J connectivity index is 1.67. The summed E-state index contributed by atoms with van der Waals surface area (Å²) in [5.41, 5.74) is 3.77. The summed E-state index contributed by atoms with van der Waals surface area (Å²) in [5.74, 6) is 0. The van der Waals surface area contributed by atoms with Crippen molar-refractivity contribution in [2.75, 3.05) is 0 Å². The van der Waals surface area contributed by atoms with Crippen LogP contribution in [0.15, 0.2) is 140 Å². The first-order valence-electron chi connectivity index (χ1n) is 11.4.